The second-order valence-electron chi connectivity index (χ2n) is 20.1. The maximum Gasteiger partial charge on any atom is 0.306 e. The lowest BCUT2D eigenvalue weighted by molar-refractivity contribution is -0.151. The Kier molecular flexibility index (Phi) is 53.0. The third-order valence-corrected chi connectivity index (χ3v) is 13.4. The molecule has 6 heteroatoms. The number of amides is 1. The fraction of sp³-hybridized carbons (Fsp3) is 0.836. The first-order valence-electron chi connectivity index (χ1n) is 29.4. The van der Waals surface area contributed by atoms with E-state index in [2.05, 4.69) is 74.7 Å². The quantitative estimate of drug-likeness (QED) is 0.0321. The third kappa shape index (κ3) is 50.0. The molecule has 0 saturated heterocycles. The van der Waals surface area contributed by atoms with E-state index >= 15 is 0 Å². The van der Waals surface area contributed by atoms with E-state index in [1.807, 2.05) is 0 Å². The van der Waals surface area contributed by atoms with Gasteiger partial charge >= 0.3 is 5.97 Å². The number of carbonyl (C=O) groups excluding carboxylic acids is 2. The first-order chi connectivity index (χ1) is 33.0. The number of ether oxygens (including phenoxy) is 1. The van der Waals surface area contributed by atoms with Crippen LogP contribution in [0, 0.1) is 0 Å². The number of carbonyl (C=O) groups is 2. The molecule has 0 aromatic carbocycles. The molecule has 3 unspecified atom stereocenters. The summed E-state index contributed by atoms with van der Waals surface area (Å²) in [5.41, 5.74) is 0. The Morgan fingerprint density at radius 3 is 1.16 bits per heavy atom. The second-order valence-corrected chi connectivity index (χ2v) is 20.1. The Labute approximate surface area is 416 Å². The molecule has 0 aromatic heterocycles. The van der Waals surface area contributed by atoms with Crippen LogP contribution in [0.3, 0.4) is 0 Å². The van der Waals surface area contributed by atoms with Crippen molar-refractivity contribution >= 4 is 11.9 Å². The van der Waals surface area contributed by atoms with E-state index in [1.165, 1.54) is 180 Å². The molecule has 0 fully saturated rings. The molecule has 0 aliphatic carbocycles. The third-order valence-electron chi connectivity index (χ3n) is 13.4. The molecule has 0 radical (unpaired) electrons. The van der Waals surface area contributed by atoms with Gasteiger partial charge in [0.05, 0.1) is 25.2 Å². The Hall–Kier alpha value is -2.18. The summed E-state index contributed by atoms with van der Waals surface area (Å²) in [7, 11) is 0. The topological polar surface area (TPSA) is 95.9 Å². The fourth-order valence-electron chi connectivity index (χ4n) is 8.95. The lowest BCUT2D eigenvalue weighted by atomic mass is 10.0. The van der Waals surface area contributed by atoms with Crippen LogP contribution < -0.4 is 5.32 Å². The van der Waals surface area contributed by atoms with Gasteiger partial charge in [0.1, 0.15) is 6.10 Å². The number of nitrogens with one attached hydrogen (secondary N) is 1. The predicted molar refractivity (Wildman–Crippen MR) is 292 cm³/mol. The Morgan fingerprint density at radius 2 is 0.761 bits per heavy atom. The molecule has 1 amide bonds. The molecule has 3 N–H and O–H groups in total. The van der Waals surface area contributed by atoms with Gasteiger partial charge in [0.2, 0.25) is 5.91 Å². The molecule has 0 spiro atoms. The number of hydrogen-bond donors (Lipinski definition) is 3. The summed E-state index contributed by atoms with van der Waals surface area (Å²) in [6, 6.07) is -0.707. The summed E-state index contributed by atoms with van der Waals surface area (Å²) in [4.78, 5) is 26.3. The molecule has 3 atom stereocenters. The number of aliphatic hydroxyl groups is 2. The largest absolute Gasteiger partial charge is 0.462 e. The van der Waals surface area contributed by atoms with Gasteiger partial charge in [-0.15, -0.1) is 0 Å². The van der Waals surface area contributed by atoms with Crippen LogP contribution in [-0.4, -0.2) is 46.9 Å². The average Bonchev–Trinajstić information content (AvgIpc) is 3.32. The SMILES string of the molecule is CCCCC/C=C\C/C=C\C/C=C\C/C=C\CCCCCC(=O)OC(CCCCCCCCCCCCCCCCCCC)CC(=O)NC(CO)C(O)CCCCCCCCCCCCCC. The highest BCUT2D eigenvalue weighted by atomic mass is 16.5. The van der Waals surface area contributed by atoms with Gasteiger partial charge in [0, 0.05) is 6.42 Å². The molecule has 0 aliphatic heterocycles. The van der Waals surface area contributed by atoms with Crippen molar-refractivity contribution in [1.29, 1.82) is 0 Å². The van der Waals surface area contributed by atoms with E-state index in [0.29, 0.717) is 19.3 Å². The van der Waals surface area contributed by atoms with Crippen molar-refractivity contribution < 1.29 is 24.5 Å². The van der Waals surface area contributed by atoms with Gasteiger partial charge in [-0.25, -0.2) is 0 Å². The number of unbranched alkanes of at least 4 members (excludes halogenated alkanes) is 33. The van der Waals surface area contributed by atoms with Crippen LogP contribution in [0.2, 0.25) is 0 Å². The number of hydrogen-bond acceptors (Lipinski definition) is 5. The Morgan fingerprint density at radius 1 is 0.433 bits per heavy atom. The molecular weight excluding hydrogens is 827 g/mol. The molecule has 0 saturated carbocycles. The van der Waals surface area contributed by atoms with Crippen molar-refractivity contribution in [2.24, 2.45) is 0 Å². The molecule has 6 nitrogen and oxygen atoms in total. The molecule has 0 aliphatic rings. The standard InChI is InChI=1S/C61H113NO5/c1-4-7-10-13-16-19-22-25-27-29-30-32-34-36-39-42-45-48-51-54-61(66)67-57(52-49-46-43-40-37-35-33-31-28-26-23-20-17-14-11-8-5-2)55-60(65)62-58(56-63)59(64)53-50-47-44-41-38-24-21-18-15-12-9-6-3/h16,19,25,27,30,32,36,39,57-59,63-64H,4-15,17-18,20-24,26,28-29,31,33-35,37-38,40-56H2,1-3H3,(H,62,65)/b19-16-,27-25-,32-30-,39-36-. The van der Waals surface area contributed by atoms with Crippen LogP contribution in [-0.2, 0) is 14.3 Å². The molecule has 0 rings (SSSR count). The normalized spacial score (nSPS) is 13.4. The maximum absolute atomic E-state index is 13.3. The number of esters is 1. The van der Waals surface area contributed by atoms with Crippen molar-refractivity contribution in [3.63, 3.8) is 0 Å². The lowest BCUT2D eigenvalue weighted by Crippen LogP contribution is -2.46. The first kappa shape index (κ1) is 64.8. The zero-order valence-electron chi connectivity index (χ0n) is 44.8. The van der Waals surface area contributed by atoms with Gasteiger partial charge in [-0.3, -0.25) is 9.59 Å². The molecule has 392 valence electrons. The zero-order valence-corrected chi connectivity index (χ0v) is 44.8. The fourth-order valence-corrected chi connectivity index (χ4v) is 8.95. The zero-order chi connectivity index (χ0) is 48.8. The van der Waals surface area contributed by atoms with Crippen LogP contribution in [0.4, 0.5) is 0 Å². The number of rotatable bonds is 53. The van der Waals surface area contributed by atoms with Crippen molar-refractivity contribution in [2.45, 2.75) is 322 Å². The highest BCUT2D eigenvalue weighted by Crippen LogP contribution is 2.19. The van der Waals surface area contributed by atoms with Crippen molar-refractivity contribution in [1.82, 2.24) is 5.32 Å². The summed E-state index contributed by atoms with van der Waals surface area (Å²) >= 11 is 0. The van der Waals surface area contributed by atoms with Gasteiger partial charge in [-0.2, -0.15) is 0 Å². The predicted octanol–water partition coefficient (Wildman–Crippen LogP) is 18.2. The van der Waals surface area contributed by atoms with Gasteiger partial charge in [0.15, 0.2) is 0 Å². The van der Waals surface area contributed by atoms with Crippen LogP contribution >= 0.6 is 0 Å². The highest BCUT2D eigenvalue weighted by molar-refractivity contribution is 5.77. The van der Waals surface area contributed by atoms with E-state index in [9.17, 15) is 19.8 Å². The van der Waals surface area contributed by atoms with Crippen molar-refractivity contribution in [3.8, 4) is 0 Å². The van der Waals surface area contributed by atoms with Crippen molar-refractivity contribution in [3.05, 3.63) is 48.6 Å². The van der Waals surface area contributed by atoms with Gasteiger partial charge in [-0.05, 0) is 70.6 Å². The molecule has 67 heavy (non-hydrogen) atoms. The van der Waals surface area contributed by atoms with Gasteiger partial charge in [0.25, 0.3) is 0 Å². The minimum Gasteiger partial charge on any atom is -0.462 e. The minimum absolute atomic E-state index is 0.0679. The molecule has 0 heterocycles. The van der Waals surface area contributed by atoms with E-state index in [4.69, 9.17) is 4.74 Å². The van der Waals surface area contributed by atoms with Crippen LogP contribution in [0.25, 0.3) is 0 Å². The van der Waals surface area contributed by atoms with Crippen LogP contribution in [0.5, 0.6) is 0 Å². The van der Waals surface area contributed by atoms with E-state index < -0.39 is 18.2 Å². The van der Waals surface area contributed by atoms with Gasteiger partial charge < -0.3 is 20.3 Å². The summed E-state index contributed by atoms with van der Waals surface area (Å²) in [6.45, 7) is 6.48. The maximum atomic E-state index is 13.3. The molecule has 0 aromatic rings. The lowest BCUT2D eigenvalue weighted by Gasteiger charge is -2.24. The summed E-state index contributed by atoms with van der Waals surface area (Å²) in [5.74, 6) is -0.496. The Balaban J connectivity index is 4.60. The summed E-state index contributed by atoms with van der Waals surface area (Å²) < 4.78 is 5.96. The van der Waals surface area contributed by atoms with Gasteiger partial charge in [-0.1, -0.05) is 268 Å². The summed E-state index contributed by atoms with van der Waals surface area (Å²) in [6.07, 6.45) is 67.5. The van der Waals surface area contributed by atoms with E-state index in [1.54, 1.807) is 0 Å². The molecular formula is C61H113NO5. The molecule has 0 bridgehead atoms. The highest BCUT2D eigenvalue weighted by Gasteiger charge is 2.24. The Bertz CT molecular complexity index is 1150. The average molecular weight is 941 g/mol. The monoisotopic (exact) mass is 940 g/mol. The number of aliphatic hydroxyl groups excluding tert-OH is 2. The van der Waals surface area contributed by atoms with Crippen LogP contribution in [0.15, 0.2) is 48.6 Å². The number of allylic oxidation sites excluding steroid dienone is 8. The van der Waals surface area contributed by atoms with E-state index in [0.717, 1.165) is 77.0 Å². The minimum atomic E-state index is -0.792. The summed E-state index contributed by atoms with van der Waals surface area (Å²) in [5, 5.41) is 23.9. The smallest absolute Gasteiger partial charge is 0.306 e. The first-order valence-corrected chi connectivity index (χ1v) is 29.4. The van der Waals surface area contributed by atoms with Crippen molar-refractivity contribution in [2.75, 3.05) is 6.61 Å². The van der Waals surface area contributed by atoms with E-state index in [-0.39, 0.29) is 24.9 Å². The van der Waals surface area contributed by atoms with Crippen LogP contribution in [0.1, 0.15) is 303 Å². The second kappa shape index (κ2) is 54.8.